The Bertz CT molecular complexity index is 1030. The first-order valence-electron chi connectivity index (χ1n) is 7.98. The minimum Gasteiger partial charge on any atom is -0.473 e. The largest absolute Gasteiger partial charge is 0.473 e. The van der Waals surface area contributed by atoms with Crippen LogP contribution in [-0.2, 0) is 13.0 Å². The maximum Gasteiger partial charge on any atom is 0.336 e. The van der Waals surface area contributed by atoms with E-state index in [1.807, 2.05) is 24.0 Å². The highest BCUT2D eigenvalue weighted by molar-refractivity contribution is 6.31. The summed E-state index contributed by atoms with van der Waals surface area (Å²) in [7, 11) is 0. The molecule has 0 aliphatic carbocycles. The molecule has 4 rings (SSSR count). The monoisotopic (exact) mass is 359 g/mol. The van der Waals surface area contributed by atoms with Gasteiger partial charge in [-0.3, -0.25) is 0 Å². The van der Waals surface area contributed by atoms with Crippen molar-refractivity contribution in [3.05, 3.63) is 68.8 Å². The minimum absolute atomic E-state index is 0.0565. The van der Waals surface area contributed by atoms with E-state index in [1.165, 1.54) is 12.1 Å². The fourth-order valence-electron chi connectivity index (χ4n) is 3.14. The summed E-state index contributed by atoms with van der Waals surface area (Å²) >= 11 is 5.89. The molecule has 3 aromatic rings. The Kier molecular flexibility index (Phi) is 3.88. The van der Waals surface area contributed by atoms with Gasteiger partial charge in [0.15, 0.2) is 6.73 Å². The van der Waals surface area contributed by atoms with E-state index in [4.69, 9.17) is 20.8 Å². The van der Waals surface area contributed by atoms with Crippen molar-refractivity contribution in [1.29, 1.82) is 0 Å². The van der Waals surface area contributed by atoms with Crippen LogP contribution < -0.4 is 15.3 Å². The zero-order valence-electron chi connectivity index (χ0n) is 13.5. The van der Waals surface area contributed by atoms with Crippen LogP contribution in [0.1, 0.15) is 18.1 Å². The zero-order chi connectivity index (χ0) is 17.6. The van der Waals surface area contributed by atoms with E-state index in [1.54, 1.807) is 12.1 Å². The van der Waals surface area contributed by atoms with Crippen LogP contribution in [0.3, 0.4) is 0 Å². The number of hydrogen-bond acceptors (Lipinski definition) is 4. The fraction of sp³-hybridized carbons (Fsp3) is 0.211. The summed E-state index contributed by atoms with van der Waals surface area (Å²) in [6, 6.07) is 9.87. The predicted octanol–water partition coefficient (Wildman–Crippen LogP) is 4.50. The lowest BCUT2D eigenvalue weighted by Gasteiger charge is -2.31. The van der Waals surface area contributed by atoms with E-state index in [9.17, 15) is 9.18 Å². The average molecular weight is 360 g/mol. The van der Waals surface area contributed by atoms with Gasteiger partial charge in [0.05, 0.1) is 17.1 Å². The Balaban J connectivity index is 1.82. The van der Waals surface area contributed by atoms with E-state index in [2.05, 4.69) is 0 Å². The molecular formula is C19H15ClFNO3. The van der Waals surface area contributed by atoms with Crippen molar-refractivity contribution in [2.24, 2.45) is 0 Å². The van der Waals surface area contributed by atoms with Crippen molar-refractivity contribution in [3.8, 4) is 5.75 Å². The SMILES string of the molecule is CCc1cc(=O)oc2c3c(ccc12)OCN(c1ccc(F)c(Cl)c1)C3. The van der Waals surface area contributed by atoms with Crippen LogP contribution in [0.25, 0.3) is 11.0 Å². The second kappa shape index (κ2) is 6.08. The van der Waals surface area contributed by atoms with Gasteiger partial charge in [0, 0.05) is 17.1 Å². The number of benzene rings is 2. The van der Waals surface area contributed by atoms with Gasteiger partial charge in [-0.1, -0.05) is 18.5 Å². The standard InChI is InChI=1S/C19H15ClFNO3/c1-2-11-7-18(23)25-19-13(11)4-6-17-14(19)9-22(10-24-17)12-3-5-16(21)15(20)8-12/h3-8H,2,9-10H2,1H3. The van der Waals surface area contributed by atoms with Gasteiger partial charge >= 0.3 is 5.63 Å². The Hall–Kier alpha value is -2.53. The molecule has 0 saturated heterocycles. The van der Waals surface area contributed by atoms with Crippen molar-refractivity contribution >= 4 is 28.3 Å². The molecule has 0 amide bonds. The number of fused-ring (bicyclic) bond motifs is 3. The number of hydrogen-bond donors (Lipinski definition) is 0. The molecular weight excluding hydrogens is 345 g/mol. The van der Waals surface area contributed by atoms with Crippen LogP contribution in [0.15, 0.2) is 45.6 Å². The first-order valence-corrected chi connectivity index (χ1v) is 8.36. The van der Waals surface area contributed by atoms with E-state index in [0.717, 1.165) is 28.6 Å². The van der Waals surface area contributed by atoms with Crippen LogP contribution in [-0.4, -0.2) is 6.73 Å². The lowest BCUT2D eigenvalue weighted by Crippen LogP contribution is -2.32. The van der Waals surface area contributed by atoms with Crippen molar-refractivity contribution in [2.45, 2.75) is 19.9 Å². The summed E-state index contributed by atoms with van der Waals surface area (Å²) in [4.78, 5) is 13.8. The zero-order valence-corrected chi connectivity index (χ0v) is 14.3. The summed E-state index contributed by atoms with van der Waals surface area (Å²) in [6.07, 6.45) is 0.735. The van der Waals surface area contributed by atoms with Gasteiger partial charge in [-0.15, -0.1) is 0 Å². The molecule has 6 heteroatoms. The maximum absolute atomic E-state index is 13.4. The second-order valence-corrected chi connectivity index (χ2v) is 6.34. The van der Waals surface area contributed by atoms with E-state index < -0.39 is 5.82 Å². The van der Waals surface area contributed by atoms with Gasteiger partial charge in [-0.25, -0.2) is 9.18 Å². The molecule has 4 nitrogen and oxygen atoms in total. The highest BCUT2D eigenvalue weighted by Gasteiger charge is 2.23. The first kappa shape index (κ1) is 16.0. The third-order valence-electron chi connectivity index (χ3n) is 4.43. The number of rotatable bonds is 2. The van der Waals surface area contributed by atoms with E-state index in [-0.39, 0.29) is 10.6 Å². The topological polar surface area (TPSA) is 42.7 Å². The second-order valence-electron chi connectivity index (χ2n) is 5.93. The van der Waals surface area contributed by atoms with E-state index in [0.29, 0.717) is 24.6 Å². The first-order chi connectivity index (χ1) is 12.1. The molecule has 1 aliphatic heterocycles. The summed E-state index contributed by atoms with van der Waals surface area (Å²) in [5, 5.41) is 0.962. The molecule has 0 bridgehead atoms. The smallest absolute Gasteiger partial charge is 0.336 e. The minimum atomic E-state index is -0.465. The molecule has 1 aromatic heterocycles. The summed E-state index contributed by atoms with van der Waals surface area (Å²) in [5.74, 6) is 0.223. The van der Waals surface area contributed by atoms with Gasteiger partial charge in [0.2, 0.25) is 0 Å². The lowest BCUT2D eigenvalue weighted by atomic mass is 10.0. The molecule has 2 aromatic carbocycles. The molecule has 1 aliphatic rings. The van der Waals surface area contributed by atoms with Crippen LogP contribution in [0, 0.1) is 5.82 Å². The maximum atomic E-state index is 13.4. The number of halogens is 2. The molecule has 0 unspecified atom stereocenters. The Labute approximate surface area is 148 Å². The van der Waals surface area contributed by atoms with Crippen LogP contribution in [0.5, 0.6) is 5.75 Å². The summed E-state index contributed by atoms with van der Waals surface area (Å²) in [6.45, 7) is 2.78. The van der Waals surface area contributed by atoms with Crippen molar-refractivity contribution in [2.75, 3.05) is 11.6 Å². The number of ether oxygens (including phenoxy) is 1. The molecule has 0 fully saturated rings. The summed E-state index contributed by atoms with van der Waals surface area (Å²) < 4.78 is 24.7. The van der Waals surface area contributed by atoms with Gasteiger partial charge in [-0.2, -0.15) is 0 Å². The number of anilines is 1. The Morgan fingerprint density at radius 1 is 1.24 bits per heavy atom. The number of aryl methyl sites for hydroxylation is 1. The fourth-order valence-corrected chi connectivity index (χ4v) is 3.31. The molecule has 25 heavy (non-hydrogen) atoms. The van der Waals surface area contributed by atoms with Gasteiger partial charge in [0.1, 0.15) is 17.1 Å². The highest BCUT2D eigenvalue weighted by atomic mass is 35.5. The van der Waals surface area contributed by atoms with Crippen LogP contribution >= 0.6 is 11.6 Å². The van der Waals surface area contributed by atoms with Crippen LogP contribution in [0.2, 0.25) is 5.02 Å². The van der Waals surface area contributed by atoms with Gasteiger partial charge in [0.25, 0.3) is 0 Å². The third kappa shape index (κ3) is 2.74. The number of nitrogens with zero attached hydrogens (tertiary/aromatic N) is 1. The molecule has 2 heterocycles. The molecule has 0 saturated carbocycles. The third-order valence-corrected chi connectivity index (χ3v) is 4.72. The molecule has 0 atom stereocenters. The quantitative estimate of drug-likeness (QED) is 0.632. The van der Waals surface area contributed by atoms with Crippen molar-refractivity contribution in [3.63, 3.8) is 0 Å². The van der Waals surface area contributed by atoms with Gasteiger partial charge < -0.3 is 14.1 Å². The highest BCUT2D eigenvalue weighted by Crippen LogP contribution is 2.35. The van der Waals surface area contributed by atoms with Crippen molar-refractivity contribution < 1.29 is 13.5 Å². The molecule has 128 valence electrons. The van der Waals surface area contributed by atoms with Crippen LogP contribution in [0.4, 0.5) is 10.1 Å². The summed E-state index contributed by atoms with van der Waals surface area (Å²) in [5.41, 5.74) is 2.65. The van der Waals surface area contributed by atoms with E-state index >= 15 is 0 Å². The Morgan fingerprint density at radius 3 is 2.84 bits per heavy atom. The van der Waals surface area contributed by atoms with Crippen molar-refractivity contribution in [1.82, 2.24) is 0 Å². The predicted molar refractivity (Wildman–Crippen MR) is 95.0 cm³/mol. The molecule has 0 N–H and O–H groups in total. The average Bonchev–Trinajstić information content (AvgIpc) is 2.62. The molecule has 0 radical (unpaired) electrons. The normalized spacial score (nSPS) is 13.6. The lowest BCUT2D eigenvalue weighted by molar-refractivity contribution is 0.289. The van der Waals surface area contributed by atoms with Gasteiger partial charge in [-0.05, 0) is 42.3 Å². The Morgan fingerprint density at radius 2 is 2.08 bits per heavy atom. The molecule has 0 spiro atoms.